The highest BCUT2D eigenvalue weighted by Gasteiger charge is 2.20. The van der Waals surface area contributed by atoms with Gasteiger partial charge in [0.05, 0.1) is 44.6 Å². The fourth-order valence-electron chi connectivity index (χ4n) is 3.61. The van der Waals surface area contributed by atoms with Crippen LogP contribution in [0.5, 0.6) is 5.75 Å². The highest BCUT2D eigenvalue weighted by molar-refractivity contribution is 6.31. The molecule has 4 rings (SSSR count). The van der Waals surface area contributed by atoms with Crippen molar-refractivity contribution in [1.29, 1.82) is 0 Å². The second-order valence-corrected chi connectivity index (χ2v) is 7.89. The molecule has 0 spiro atoms. The molecule has 0 aliphatic carbocycles. The Balaban J connectivity index is 1.43. The normalized spacial score (nSPS) is 14.8. The van der Waals surface area contributed by atoms with E-state index in [0.29, 0.717) is 10.8 Å². The van der Waals surface area contributed by atoms with Gasteiger partial charge in [0.15, 0.2) is 6.61 Å². The maximum absolute atomic E-state index is 12.5. The molecule has 0 radical (unpaired) electrons. The number of rotatable bonds is 5. The van der Waals surface area contributed by atoms with Gasteiger partial charge in [-0.2, -0.15) is 0 Å². The molecule has 2 N–H and O–H groups in total. The van der Waals surface area contributed by atoms with Gasteiger partial charge in [-0.15, -0.1) is 0 Å². The van der Waals surface area contributed by atoms with Gasteiger partial charge >= 0.3 is 0 Å². The molecule has 0 saturated carbocycles. The van der Waals surface area contributed by atoms with Crippen molar-refractivity contribution in [2.24, 2.45) is 0 Å². The molecule has 1 fully saturated rings. The summed E-state index contributed by atoms with van der Waals surface area (Å²) in [6, 6.07) is 19.5. The van der Waals surface area contributed by atoms with Crippen LogP contribution in [-0.4, -0.2) is 45.7 Å². The van der Waals surface area contributed by atoms with E-state index in [4.69, 9.17) is 16.3 Å². The van der Waals surface area contributed by atoms with Gasteiger partial charge in [0.1, 0.15) is 5.75 Å². The molecule has 3 aromatic carbocycles. The summed E-state index contributed by atoms with van der Waals surface area (Å²) < 4.78 is 5.72. The Morgan fingerprint density at radius 2 is 1.83 bits per heavy atom. The fourth-order valence-corrected chi connectivity index (χ4v) is 3.78. The zero-order chi connectivity index (χ0) is 20.2. The number of nitrogens with one attached hydrogen (secondary N) is 2. The lowest BCUT2D eigenvalue weighted by molar-refractivity contribution is -0.880. The van der Waals surface area contributed by atoms with Gasteiger partial charge in [0, 0.05) is 5.02 Å². The Kier molecular flexibility index (Phi) is 5.88. The molecular weight excluding hydrogens is 386 g/mol. The van der Waals surface area contributed by atoms with E-state index in [9.17, 15) is 4.79 Å². The third-order valence-electron chi connectivity index (χ3n) is 5.28. The number of anilines is 2. The predicted molar refractivity (Wildman–Crippen MR) is 118 cm³/mol. The first kappa shape index (κ1) is 19.6. The van der Waals surface area contributed by atoms with Crippen molar-refractivity contribution in [1.82, 2.24) is 0 Å². The first-order valence-electron chi connectivity index (χ1n) is 9.86. The molecular formula is C23H25ClN3O2+. The predicted octanol–water partition coefficient (Wildman–Crippen LogP) is 2.85. The van der Waals surface area contributed by atoms with Crippen LogP contribution in [-0.2, 0) is 4.79 Å². The maximum atomic E-state index is 12.5. The van der Waals surface area contributed by atoms with E-state index in [-0.39, 0.29) is 12.5 Å². The first-order valence-corrected chi connectivity index (χ1v) is 10.2. The highest BCUT2D eigenvalue weighted by Crippen LogP contribution is 2.29. The number of hydrogen-bond donors (Lipinski definition) is 2. The Bertz CT molecular complexity index is 1020. The van der Waals surface area contributed by atoms with Crippen molar-refractivity contribution in [3.63, 3.8) is 0 Å². The van der Waals surface area contributed by atoms with Gasteiger partial charge in [-0.1, -0.05) is 41.9 Å². The summed E-state index contributed by atoms with van der Waals surface area (Å²) in [4.78, 5) is 16.4. The van der Waals surface area contributed by atoms with Crippen LogP contribution in [0.3, 0.4) is 0 Å². The number of halogens is 1. The molecule has 1 heterocycles. The van der Waals surface area contributed by atoms with E-state index in [1.807, 2.05) is 54.6 Å². The van der Waals surface area contributed by atoms with Crippen molar-refractivity contribution in [2.45, 2.75) is 0 Å². The molecule has 0 bridgehead atoms. The molecule has 6 heteroatoms. The molecule has 1 aliphatic rings. The van der Waals surface area contributed by atoms with Gasteiger partial charge in [-0.3, -0.25) is 4.79 Å². The highest BCUT2D eigenvalue weighted by atomic mass is 35.5. The lowest BCUT2D eigenvalue weighted by atomic mass is 10.1. The van der Waals surface area contributed by atoms with Crippen LogP contribution in [0.1, 0.15) is 0 Å². The molecule has 5 nitrogen and oxygen atoms in total. The number of fused-ring (bicyclic) bond motifs is 1. The van der Waals surface area contributed by atoms with Gasteiger partial charge in [0.25, 0.3) is 5.91 Å². The van der Waals surface area contributed by atoms with Crippen LogP contribution < -0.4 is 19.9 Å². The third kappa shape index (κ3) is 4.81. The Morgan fingerprint density at radius 3 is 2.62 bits per heavy atom. The summed E-state index contributed by atoms with van der Waals surface area (Å²) in [5.74, 6) is 0.466. The molecule has 150 valence electrons. The number of quaternary nitrogens is 1. The second-order valence-electron chi connectivity index (χ2n) is 7.45. The standard InChI is InChI=1S/C23H24ClN3O2/c1-26-10-12-27(13-11-26)22-9-7-19(24)15-21(22)25-23(28)16-29-20-8-6-17-4-2-3-5-18(17)14-20/h2-9,14-15H,10-13,16H2,1H3,(H,25,28)/p+1. The molecule has 0 atom stereocenters. The van der Waals surface area contributed by atoms with Crippen molar-refractivity contribution in [3.05, 3.63) is 65.7 Å². The minimum atomic E-state index is -0.207. The van der Waals surface area contributed by atoms with E-state index in [1.165, 1.54) is 4.90 Å². The topological polar surface area (TPSA) is 46.0 Å². The number of nitrogens with zero attached hydrogens (tertiary/aromatic N) is 1. The smallest absolute Gasteiger partial charge is 0.262 e. The average Bonchev–Trinajstić information content (AvgIpc) is 2.73. The lowest BCUT2D eigenvalue weighted by Gasteiger charge is -2.33. The summed E-state index contributed by atoms with van der Waals surface area (Å²) in [5.41, 5.74) is 1.73. The number of amides is 1. The summed E-state index contributed by atoms with van der Waals surface area (Å²) in [6.45, 7) is 3.98. The van der Waals surface area contributed by atoms with Gasteiger partial charge in [-0.25, -0.2) is 0 Å². The number of benzene rings is 3. The summed E-state index contributed by atoms with van der Waals surface area (Å²) in [7, 11) is 2.20. The molecule has 1 aliphatic heterocycles. The molecule has 1 saturated heterocycles. The Hall–Kier alpha value is -2.76. The summed E-state index contributed by atoms with van der Waals surface area (Å²) >= 11 is 6.19. The summed E-state index contributed by atoms with van der Waals surface area (Å²) in [5, 5.41) is 5.79. The van der Waals surface area contributed by atoms with Gasteiger partial charge in [-0.05, 0) is 41.1 Å². The quantitative estimate of drug-likeness (QED) is 0.680. The van der Waals surface area contributed by atoms with Crippen molar-refractivity contribution >= 4 is 39.7 Å². The first-order chi connectivity index (χ1) is 14.1. The van der Waals surface area contributed by atoms with Crippen LogP contribution in [0.25, 0.3) is 10.8 Å². The zero-order valence-corrected chi connectivity index (χ0v) is 17.2. The summed E-state index contributed by atoms with van der Waals surface area (Å²) in [6.07, 6.45) is 0. The van der Waals surface area contributed by atoms with Crippen LogP contribution in [0.4, 0.5) is 11.4 Å². The minimum absolute atomic E-state index is 0.0584. The number of piperazine rings is 1. The number of carbonyl (C=O) groups is 1. The van der Waals surface area contributed by atoms with E-state index in [2.05, 4.69) is 17.3 Å². The van der Waals surface area contributed by atoms with Gasteiger partial charge in [0.2, 0.25) is 0 Å². The molecule has 3 aromatic rings. The third-order valence-corrected chi connectivity index (χ3v) is 5.52. The zero-order valence-electron chi connectivity index (χ0n) is 16.5. The maximum Gasteiger partial charge on any atom is 0.262 e. The SMILES string of the molecule is C[NH+]1CCN(c2ccc(Cl)cc2NC(=O)COc2ccc3ccccc3c2)CC1. The van der Waals surface area contributed by atoms with Gasteiger partial charge < -0.3 is 19.9 Å². The van der Waals surface area contributed by atoms with Crippen LogP contribution >= 0.6 is 11.6 Å². The van der Waals surface area contributed by atoms with E-state index in [1.54, 1.807) is 6.07 Å². The molecule has 29 heavy (non-hydrogen) atoms. The largest absolute Gasteiger partial charge is 0.484 e. The Labute approximate surface area is 175 Å². The van der Waals surface area contributed by atoms with Crippen molar-refractivity contribution in [3.8, 4) is 5.75 Å². The number of hydrogen-bond acceptors (Lipinski definition) is 3. The average molecular weight is 411 g/mol. The number of likely N-dealkylation sites (N-methyl/N-ethyl adjacent to an activating group) is 1. The van der Waals surface area contributed by atoms with Crippen LogP contribution in [0.2, 0.25) is 5.02 Å². The van der Waals surface area contributed by atoms with Crippen LogP contribution in [0.15, 0.2) is 60.7 Å². The lowest BCUT2D eigenvalue weighted by Crippen LogP contribution is -3.12. The van der Waals surface area contributed by atoms with Crippen molar-refractivity contribution in [2.75, 3.05) is 50.1 Å². The van der Waals surface area contributed by atoms with E-state index < -0.39 is 0 Å². The van der Waals surface area contributed by atoms with E-state index >= 15 is 0 Å². The molecule has 0 aromatic heterocycles. The van der Waals surface area contributed by atoms with Crippen molar-refractivity contribution < 1.29 is 14.4 Å². The Morgan fingerprint density at radius 1 is 1.07 bits per heavy atom. The second kappa shape index (κ2) is 8.72. The molecule has 1 amide bonds. The van der Waals surface area contributed by atoms with Crippen LogP contribution in [0, 0.1) is 0 Å². The number of ether oxygens (including phenoxy) is 1. The number of carbonyl (C=O) groups excluding carboxylic acids is 1. The van der Waals surface area contributed by atoms with E-state index in [0.717, 1.165) is 48.3 Å². The molecule has 0 unspecified atom stereocenters. The minimum Gasteiger partial charge on any atom is -0.484 e. The monoisotopic (exact) mass is 410 g/mol. The fraction of sp³-hybridized carbons (Fsp3) is 0.261.